The van der Waals surface area contributed by atoms with Gasteiger partial charge in [0.1, 0.15) is 24.9 Å². The lowest BCUT2D eigenvalue weighted by atomic mass is 10.1. The number of pyridine rings is 1. The quantitative estimate of drug-likeness (QED) is 0.688. The Kier molecular flexibility index (Phi) is 5.61. The molecular formula is C21H19F3N2O4. The van der Waals surface area contributed by atoms with Gasteiger partial charge in [0.2, 0.25) is 5.88 Å². The average molecular weight is 420 g/mol. The maximum absolute atomic E-state index is 14.3. The zero-order chi connectivity index (χ0) is 21.3. The molecule has 2 aromatic rings. The van der Waals surface area contributed by atoms with Crippen molar-refractivity contribution in [2.24, 2.45) is 0 Å². The summed E-state index contributed by atoms with van der Waals surface area (Å²) < 4.78 is 50.1. The first-order chi connectivity index (χ1) is 14.5. The van der Waals surface area contributed by atoms with E-state index in [0.717, 1.165) is 0 Å². The van der Waals surface area contributed by atoms with Crippen molar-refractivity contribution in [1.82, 2.24) is 4.98 Å². The molecule has 30 heavy (non-hydrogen) atoms. The van der Waals surface area contributed by atoms with E-state index in [9.17, 15) is 22.8 Å². The smallest absolute Gasteiger partial charge is 0.268 e. The van der Waals surface area contributed by atoms with Gasteiger partial charge in [-0.3, -0.25) is 9.59 Å². The van der Waals surface area contributed by atoms with E-state index in [-0.39, 0.29) is 29.7 Å². The molecule has 1 unspecified atom stereocenters. The Morgan fingerprint density at radius 3 is 2.67 bits per heavy atom. The van der Waals surface area contributed by atoms with Crippen LogP contribution in [0.25, 0.3) is 0 Å². The number of Topliss-reactive ketones (excluding diaryl/α,β-unsaturated/α-hetero) is 1. The summed E-state index contributed by atoms with van der Waals surface area (Å²) in [6, 6.07) is 5.72. The molecule has 1 fully saturated rings. The molecule has 6 nitrogen and oxygen atoms in total. The molecule has 1 saturated heterocycles. The van der Waals surface area contributed by atoms with Gasteiger partial charge in [-0.05, 0) is 30.2 Å². The SMILES string of the molecule is O=C1CCc2c(F)cc(N3CCC(Oc4ccc(OC(CF)CF)nc4)C3=O)cc21. The summed E-state index contributed by atoms with van der Waals surface area (Å²) >= 11 is 0. The van der Waals surface area contributed by atoms with E-state index in [1.807, 2.05) is 0 Å². The van der Waals surface area contributed by atoms with Gasteiger partial charge in [0, 0.05) is 36.7 Å². The number of aromatic nitrogens is 1. The third-order valence-electron chi connectivity index (χ3n) is 5.17. The summed E-state index contributed by atoms with van der Waals surface area (Å²) in [6.07, 6.45) is 0.315. The first-order valence-corrected chi connectivity index (χ1v) is 9.58. The van der Waals surface area contributed by atoms with E-state index in [2.05, 4.69) is 4.98 Å². The minimum absolute atomic E-state index is 0.0420. The predicted octanol–water partition coefficient (Wildman–Crippen LogP) is 3.22. The molecule has 0 spiro atoms. The fourth-order valence-electron chi connectivity index (χ4n) is 3.62. The summed E-state index contributed by atoms with van der Waals surface area (Å²) in [4.78, 5) is 30.0. The third-order valence-corrected chi connectivity index (χ3v) is 5.17. The summed E-state index contributed by atoms with van der Waals surface area (Å²) in [5.74, 6) is -0.628. The van der Waals surface area contributed by atoms with Gasteiger partial charge in [0.05, 0.1) is 6.20 Å². The highest BCUT2D eigenvalue weighted by molar-refractivity contribution is 6.04. The largest absolute Gasteiger partial charge is 0.479 e. The standard InChI is InChI=1S/C21H19F3N2O4/c22-9-14(10-23)30-20-4-1-13(11-25-20)29-19-5-6-26(21(19)28)12-7-16-15(17(24)8-12)2-3-18(16)27/h1,4,7-8,11,14,19H,2-3,5-6,9-10H2. The van der Waals surface area contributed by atoms with E-state index < -0.39 is 31.4 Å². The number of ketones is 1. The van der Waals surface area contributed by atoms with Crippen molar-refractivity contribution in [1.29, 1.82) is 0 Å². The molecule has 0 saturated carbocycles. The summed E-state index contributed by atoms with van der Waals surface area (Å²) in [5, 5.41) is 0. The van der Waals surface area contributed by atoms with Crippen LogP contribution in [0.15, 0.2) is 30.5 Å². The zero-order valence-corrected chi connectivity index (χ0v) is 15.9. The van der Waals surface area contributed by atoms with Crippen LogP contribution in [0.5, 0.6) is 11.6 Å². The topological polar surface area (TPSA) is 68.7 Å². The van der Waals surface area contributed by atoms with Gasteiger partial charge >= 0.3 is 0 Å². The van der Waals surface area contributed by atoms with Crippen LogP contribution in [-0.4, -0.2) is 48.8 Å². The van der Waals surface area contributed by atoms with E-state index in [1.54, 1.807) is 6.07 Å². The van der Waals surface area contributed by atoms with E-state index in [4.69, 9.17) is 9.47 Å². The van der Waals surface area contributed by atoms with Gasteiger partial charge in [-0.25, -0.2) is 18.2 Å². The minimum Gasteiger partial charge on any atom is -0.479 e. The van der Waals surface area contributed by atoms with Gasteiger partial charge in [0.25, 0.3) is 5.91 Å². The van der Waals surface area contributed by atoms with Crippen molar-refractivity contribution in [2.45, 2.75) is 31.5 Å². The van der Waals surface area contributed by atoms with Crippen molar-refractivity contribution in [3.8, 4) is 11.6 Å². The molecule has 2 heterocycles. The molecule has 1 atom stereocenters. The van der Waals surface area contributed by atoms with Crippen LogP contribution in [0.3, 0.4) is 0 Å². The summed E-state index contributed by atoms with van der Waals surface area (Å²) in [6.45, 7) is -1.63. The third kappa shape index (κ3) is 3.83. The Bertz CT molecular complexity index is 963. The Balaban J connectivity index is 1.44. The molecule has 2 aliphatic rings. The molecule has 0 radical (unpaired) electrons. The Hall–Kier alpha value is -3.10. The van der Waals surface area contributed by atoms with Gasteiger partial charge in [-0.1, -0.05) is 0 Å². The number of hydrogen-bond donors (Lipinski definition) is 0. The molecule has 1 aromatic heterocycles. The number of rotatable bonds is 7. The molecule has 1 aliphatic heterocycles. The number of anilines is 1. The molecule has 0 bridgehead atoms. The number of halogens is 3. The molecule has 4 rings (SSSR count). The fraction of sp³-hybridized carbons (Fsp3) is 0.381. The van der Waals surface area contributed by atoms with E-state index in [1.165, 1.54) is 29.3 Å². The van der Waals surface area contributed by atoms with Crippen molar-refractivity contribution in [3.63, 3.8) is 0 Å². The van der Waals surface area contributed by atoms with Crippen LogP contribution in [0, 0.1) is 5.82 Å². The highest BCUT2D eigenvalue weighted by Gasteiger charge is 2.36. The molecule has 9 heteroatoms. The van der Waals surface area contributed by atoms with Crippen LogP contribution in [0.4, 0.5) is 18.9 Å². The minimum atomic E-state index is -1.21. The molecule has 158 valence electrons. The highest BCUT2D eigenvalue weighted by Crippen LogP contribution is 2.32. The van der Waals surface area contributed by atoms with Crippen LogP contribution >= 0.6 is 0 Å². The maximum Gasteiger partial charge on any atom is 0.268 e. The second-order valence-corrected chi connectivity index (χ2v) is 7.14. The second-order valence-electron chi connectivity index (χ2n) is 7.14. The van der Waals surface area contributed by atoms with Crippen LogP contribution < -0.4 is 14.4 Å². The Labute approximate surface area is 170 Å². The molecule has 1 aromatic carbocycles. The fourth-order valence-corrected chi connectivity index (χ4v) is 3.62. The number of benzene rings is 1. The number of hydrogen-bond acceptors (Lipinski definition) is 5. The van der Waals surface area contributed by atoms with Crippen molar-refractivity contribution >= 4 is 17.4 Å². The lowest BCUT2D eigenvalue weighted by Gasteiger charge is -2.18. The van der Waals surface area contributed by atoms with Crippen molar-refractivity contribution in [3.05, 3.63) is 47.4 Å². The Morgan fingerprint density at radius 2 is 1.97 bits per heavy atom. The lowest BCUT2D eigenvalue weighted by Crippen LogP contribution is -2.32. The monoisotopic (exact) mass is 420 g/mol. The van der Waals surface area contributed by atoms with Crippen LogP contribution in [0.2, 0.25) is 0 Å². The van der Waals surface area contributed by atoms with Gasteiger partial charge < -0.3 is 14.4 Å². The summed E-state index contributed by atoms with van der Waals surface area (Å²) in [7, 11) is 0. The number of alkyl halides is 2. The van der Waals surface area contributed by atoms with Gasteiger partial charge in [-0.15, -0.1) is 0 Å². The number of amides is 1. The molecule has 1 amide bonds. The first kappa shape index (κ1) is 20.2. The van der Waals surface area contributed by atoms with Crippen LogP contribution in [-0.2, 0) is 11.2 Å². The zero-order valence-electron chi connectivity index (χ0n) is 15.9. The normalized spacial score (nSPS) is 18.3. The number of fused-ring (bicyclic) bond motifs is 1. The Morgan fingerprint density at radius 1 is 1.17 bits per heavy atom. The summed E-state index contributed by atoms with van der Waals surface area (Å²) in [5.41, 5.74) is 1.07. The number of nitrogens with zero attached hydrogens (tertiary/aromatic N) is 2. The first-order valence-electron chi connectivity index (χ1n) is 9.58. The van der Waals surface area contributed by atoms with Crippen molar-refractivity contribution < 1.29 is 32.2 Å². The van der Waals surface area contributed by atoms with Gasteiger partial charge in [-0.2, -0.15) is 0 Å². The van der Waals surface area contributed by atoms with Crippen molar-refractivity contribution in [2.75, 3.05) is 24.8 Å². The van der Waals surface area contributed by atoms with E-state index in [0.29, 0.717) is 36.2 Å². The maximum atomic E-state index is 14.3. The van der Waals surface area contributed by atoms with E-state index >= 15 is 0 Å². The molecule has 0 N–H and O–H groups in total. The lowest BCUT2D eigenvalue weighted by molar-refractivity contribution is -0.122. The highest BCUT2D eigenvalue weighted by atomic mass is 19.1. The van der Waals surface area contributed by atoms with Crippen LogP contribution in [0.1, 0.15) is 28.8 Å². The molecule has 1 aliphatic carbocycles. The van der Waals surface area contributed by atoms with Gasteiger partial charge in [0.15, 0.2) is 18.0 Å². The average Bonchev–Trinajstić information content (AvgIpc) is 3.30. The predicted molar refractivity (Wildman–Crippen MR) is 101 cm³/mol. The molecular weight excluding hydrogens is 401 g/mol. The number of carbonyl (C=O) groups is 2. The number of ether oxygens (including phenoxy) is 2. The number of carbonyl (C=O) groups excluding carboxylic acids is 2. The second kappa shape index (κ2) is 8.33.